The third kappa shape index (κ3) is 2.37. The van der Waals surface area contributed by atoms with Crippen LogP contribution in [0.4, 0.5) is 11.4 Å². The number of fused-ring (bicyclic) bond motifs is 2. The zero-order valence-corrected chi connectivity index (χ0v) is 13.0. The molecule has 0 spiro atoms. The maximum Gasteiger partial charge on any atom is 0.0553 e. The third-order valence-electron chi connectivity index (χ3n) is 2.88. The number of para-hydroxylation sites is 2. The minimum Gasteiger partial charge on any atom is -0.338 e. The van der Waals surface area contributed by atoms with Gasteiger partial charge in [-0.3, -0.25) is 0 Å². The molecule has 1 aliphatic rings. The zero-order chi connectivity index (χ0) is 11.7. The first-order chi connectivity index (χ1) is 8.40. The molecule has 2 nitrogen and oxygen atoms in total. The minimum absolute atomic E-state index is 0. The van der Waals surface area contributed by atoms with Crippen molar-refractivity contribution in [3.8, 4) is 0 Å². The highest BCUT2D eigenvalue weighted by Crippen LogP contribution is 2.47. The van der Waals surface area contributed by atoms with Crippen LogP contribution in [0.1, 0.15) is 0 Å². The van der Waals surface area contributed by atoms with Gasteiger partial charge in [0.15, 0.2) is 0 Å². The van der Waals surface area contributed by atoms with Gasteiger partial charge in [-0.15, -0.1) is 24.0 Å². The Morgan fingerprint density at radius 1 is 0.889 bits per heavy atom. The fourth-order valence-electron chi connectivity index (χ4n) is 2.15. The van der Waals surface area contributed by atoms with Gasteiger partial charge >= 0.3 is 0 Å². The van der Waals surface area contributed by atoms with E-state index in [1.165, 1.54) is 21.2 Å². The second-order valence-electron chi connectivity index (χ2n) is 3.98. The van der Waals surface area contributed by atoms with E-state index in [0.29, 0.717) is 6.54 Å². The van der Waals surface area contributed by atoms with Crippen LogP contribution in [0.15, 0.2) is 58.3 Å². The lowest BCUT2D eigenvalue weighted by Crippen LogP contribution is -2.27. The first kappa shape index (κ1) is 13.7. The van der Waals surface area contributed by atoms with E-state index in [1.807, 2.05) is 11.8 Å². The number of hydrogen-bond acceptors (Lipinski definition) is 3. The van der Waals surface area contributed by atoms with E-state index < -0.39 is 0 Å². The Balaban J connectivity index is 0.00000120. The topological polar surface area (TPSA) is 29.3 Å². The smallest absolute Gasteiger partial charge is 0.0553 e. The highest BCUT2D eigenvalue weighted by atomic mass is 127. The fraction of sp³-hybridized carbons (Fsp3) is 0.143. The minimum atomic E-state index is 0. The summed E-state index contributed by atoms with van der Waals surface area (Å²) in [6, 6.07) is 17.0. The van der Waals surface area contributed by atoms with Crippen LogP contribution in [0, 0.1) is 0 Å². The second-order valence-corrected chi connectivity index (χ2v) is 5.06. The van der Waals surface area contributed by atoms with E-state index in [-0.39, 0.29) is 24.0 Å². The summed E-state index contributed by atoms with van der Waals surface area (Å²) < 4.78 is 0. The molecule has 0 atom stereocenters. The summed E-state index contributed by atoms with van der Waals surface area (Å²) >= 11 is 1.83. The summed E-state index contributed by atoms with van der Waals surface area (Å²) in [7, 11) is 0. The van der Waals surface area contributed by atoms with Crippen LogP contribution in [0.5, 0.6) is 0 Å². The number of hydrogen-bond donors (Lipinski definition) is 1. The van der Waals surface area contributed by atoms with Crippen molar-refractivity contribution in [2.45, 2.75) is 9.79 Å². The molecular formula is C14H15IN2S. The molecule has 2 aromatic carbocycles. The van der Waals surface area contributed by atoms with E-state index in [1.54, 1.807) is 0 Å². The molecule has 1 heterocycles. The first-order valence-electron chi connectivity index (χ1n) is 5.73. The molecule has 3 rings (SSSR count). The maximum absolute atomic E-state index is 5.73. The first-order valence-corrected chi connectivity index (χ1v) is 6.55. The summed E-state index contributed by atoms with van der Waals surface area (Å²) in [5.41, 5.74) is 8.26. The van der Waals surface area contributed by atoms with Crippen LogP contribution in [0.2, 0.25) is 0 Å². The predicted octanol–water partition coefficient (Wildman–Crippen LogP) is 3.87. The Hall–Kier alpha value is -0.720. The number of rotatable bonds is 2. The highest BCUT2D eigenvalue weighted by molar-refractivity contribution is 14.0. The monoisotopic (exact) mass is 370 g/mol. The van der Waals surface area contributed by atoms with Crippen molar-refractivity contribution in [2.75, 3.05) is 18.0 Å². The molecule has 0 saturated carbocycles. The van der Waals surface area contributed by atoms with Gasteiger partial charge in [-0.1, -0.05) is 36.0 Å². The third-order valence-corrected chi connectivity index (χ3v) is 4.01. The Morgan fingerprint density at radius 3 is 1.89 bits per heavy atom. The van der Waals surface area contributed by atoms with Crippen molar-refractivity contribution in [1.82, 2.24) is 0 Å². The van der Waals surface area contributed by atoms with E-state index in [2.05, 4.69) is 53.4 Å². The summed E-state index contributed by atoms with van der Waals surface area (Å²) in [6.45, 7) is 1.52. The summed E-state index contributed by atoms with van der Waals surface area (Å²) in [6.07, 6.45) is 0. The molecule has 4 heteroatoms. The lowest BCUT2D eigenvalue weighted by molar-refractivity contribution is 0.899. The molecule has 0 aromatic heterocycles. The van der Waals surface area contributed by atoms with Crippen molar-refractivity contribution < 1.29 is 0 Å². The summed E-state index contributed by atoms with van der Waals surface area (Å²) in [5.74, 6) is 0. The van der Waals surface area contributed by atoms with Gasteiger partial charge in [0.2, 0.25) is 0 Å². The SMILES string of the molecule is I.NCCN1c2ccccc2Sc2ccccc21. The van der Waals surface area contributed by atoms with Gasteiger partial charge in [0.05, 0.1) is 11.4 Å². The van der Waals surface area contributed by atoms with Crippen LogP contribution in [-0.4, -0.2) is 13.1 Å². The van der Waals surface area contributed by atoms with Gasteiger partial charge in [-0.2, -0.15) is 0 Å². The zero-order valence-electron chi connectivity index (χ0n) is 9.87. The number of nitrogens with zero attached hydrogens (tertiary/aromatic N) is 1. The van der Waals surface area contributed by atoms with Crippen molar-refractivity contribution in [3.05, 3.63) is 48.5 Å². The molecule has 94 valence electrons. The number of benzene rings is 2. The van der Waals surface area contributed by atoms with Crippen LogP contribution in [-0.2, 0) is 0 Å². The van der Waals surface area contributed by atoms with Crippen LogP contribution in [0.3, 0.4) is 0 Å². The summed E-state index contributed by atoms with van der Waals surface area (Å²) in [5, 5.41) is 0. The van der Waals surface area contributed by atoms with Crippen molar-refractivity contribution >= 4 is 47.1 Å². The largest absolute Gasteiger partial charge is 0.338 e. The predicted molar refractivity (Wildman–Crippen MR) is 88.5 cm³/mol. The maximum atomic E-state index is 5.73. The van der Waals surface area contributed by atoms with Gasteiger partial charge in [0.25, 0.3) is 0 Å². The van der Waals surface area contributed by atoms with Crippen molar-refractivity contribution in [3.63, 3.8) is 0 Å². The molecule has 0 aliphatic carbocycles. The summed E-state index contributed by atoms with van der Waals surface area (Å²) in [4.78, 5) is 4.92. The molecule has 0 fully saturated rings. The van der Waals surface area contributed by atoms with Crippen LogP contribution >= 0.6 is 35.7 Å². The van der Waals surface area contributed by atoms with E-state index >= 15 is 0 Å². The molecule has 0 amide bonds. The molecule has 1 aliphatic heterocycles. The van der Waals surface area contributed by atoms with Crippen LogP contribution in [0.25, 0.3) is 0 Å². The second kappa shape index (κ2) is 5.95. The van der Waals surface area contributed by atoms with Crippen molar-refractivity contribution in [1.29, 1.82) is 0 Å². The number of halogens is 1. The number of anilines is 2. The molecule has 2 N–H and O–H groups in total. The highest BCUT2D eigenvalue weighted by Gasteiger charge is 2.21. The van der Waals surface area contributed by atoms with E-state index in [9.17, 15) is 0 Å². The molecule has 18 heavy (non-hydrogen) atoms. The Morgan fingerprint density at radius 2 is 1.39 bits per heavy atom. The molecular weight excluding hydrogens is 355 g/mol. The normalized spacial score (nSPS) is 12.4. The van der Waals surface area contributed by atoms with Gasteiger partial charge in [-0.05, 0) is 24.3 Å². The molecule has 0 unspecified atom stereocenters. The van der Waals surface area contributed by atoms with Gasteiger partial charge in [0, 0.05) is 22.9 Å². The molecule has 2 aromatic rings. The Kier molecular flexibility index (Phi) is 4.53. The average molecular weight is 370 g/mol. The lowest BCUT2D eigenvalue weighted by atomic mass is 10.2. The van der Waals surface area contributed by atoms with Gasteiger partial charge in [0.1, 0.15) is 0 Å². The molecule has 0 bridgehead atoms. The van der Waals surface area contributed by atoms with Gasteiger partial charge < -0.3 is 10.6 Å². The number of nitrogens with two attached hydrogens (primary N) is 1. The van der Waals surface area contributed by atoms with Gasteiger partial charge in [-0.25, -0.2) is 0 Å². The molecule has 0 saturated heterocycles. The molecule has 0 radical (unpaired) electrons. The lowest BCUT2D eigenvalue weighted by Gasteiger charge is -2.32. The fourth-order valence-corrected chi connectivity index (χ4v) is 3.25. The van der Waals surface area contributed by atoms with E-state index in [0.717, 1.165) is 6.54 Å². The van der Waals surface area contributed by atoms with E-state index in [4.69, 9.17) is 5.73 Å². The van der Waals surface area contributed by atoms with Crippen LogP contribution < -0.4 is 10.6 Å². The standard InChI is InChI=1S/C14H14N2S.HI/c15-9-10-16-11-5-1-3-7-13(11)17-14-8-4-2-6-12(14)16;/h1-8H,9-10,15H2;1H. The quantitative estimate of drug-likeness (QED) is 0.814. The Bertz CT molecular complexity index is 499. The Labute approximate surface area is 129 Å². The van der Waals surface area contributed by atoms with Crippen molar-refractivity contribution in [2.24, 2.45) is 5.73 Å². The average Bonchev–Trinajstić information content (AvgIpc) is 2.39.